The van der Waals surface area contributed by atoms with Crippen molar-refractivity contribution in [3.63, 3.8) is 0 Å². The Labute approximate surface area is 89.9 Å². The Morgan fingerprint density at radius 1 is 1.27 bits per heavy atom. The summed E-state index contributed by atoms with van der Waals surface area (Å²) in [6.07, 6.45) is 3.27. The van der Waals surface area contributed by atoms with Gasteiger partial charge in [0.1, 0.15) is 0 Å². The highest BCUT2D eigenvalue weighted by Gasteiger charge is 2.36. The van der Waals surface area contributed by atoms with Crippen molar-refractivity contribution in [1.82, 2.24) is 4.90 Å². The van der Waals surface area contributed by atoms with Crippen molar-refractivity contribution in [3.05, 3.63) is 12.2 Å². The number of nitrogens with zero attached hydrogens (tertiary/aromatic N) is 1. The quantitative estimate of drug-likeness (QED) is 0.505. The van der Waals surface area contributed by atoms with Gasteiger partial charge in [-0.25, -0.2) is 0 Å². The lowest BCUT2D eigenvalue weighted by atomic mass is 9.99. The number of imide groups is 1. The van der Waals surface area contributed by atoms with Crippen molar-refractivity contribution in [1.29, 1.82) is 0 Å². The van der Waals surface area contributed by atoms with Gasteiger partial charge in [0.2, 0.25) is 0 Å². The fourth-order valence-electron chi connectivity index (χ4n) is 1.57. The number of hydrogen-bond donors (Lipinski definition) is 0. The summed E-state index contributed by atoms with van der Waals surface area (Å²) in [7, 11) is 0. The van der Waals surface area contributed by atoms with Crippen molar-refractivity contribution in [2.24, 2.45) is 0 Å². The van der Waals surface area contributed by atoms with Crippen LogP contribution in [0.3, 0.4) is 0 Å². The summed E-state index contributed by atoms with van der Waals surface area (Å²) in [5, 5.41) is 0. The molecule has 0 aromatic carbocycles. The molecule has 4 nitrogen and oxygen atoms in total. The highest BCUT2D eigenvalue weighted by molar-refractivity contribution is 6.13. The lowest BCUT2D eigenvalue weighted by Gasteiger charge is -2.33. The minimum absolute atomic E-state index is 0.235. The lowest BCUT2D eigenvalue weighted by Crippen LogP contribution is -2.48. The standard InChI is InChI=1S/C11H17NO3/c1-4-15-8-7-11(2,3)12-9(13)5-6-10(12)14/h5-6H,4,7-8H2,1-3H3. The summed E-state index contributed by atoms with van der Waals surface area (Å²) in [6, 6.07) is 0. The molecular formula is C11H17NO3. The normalized spacial score (nSPS) is 16.6. The Kier molecular flexibility index (Phi) is 3.63. The molecular weight excluding hydrogens is 194 g/mol. The number of amides is 2. The molecule has 0 unspecified atom stereocenters. The zero-order valence-electron chi connectivity index (χ0n) is 9.45. The molecule has 0 fully saturated rings. The molecule has 2 amide bonds. The maximum Gasteiger partial charge on any atom is 0.254 e. The van der Waals surface area contributed by atoms with Gasteiger partial charge in [0.25, 0.3) is 11.8 Å². The predicted octanol–water partition coefficient (Wildman–Crippen LogP) is 1.12. The van der Waals surface area contributed by atoms with Crippen LogP contribution in [0.4, 0.5) is 0 Å². The first-order chi connectivity index (χ1) is 6.99. The fraction of sp³-hybridized carbons (Fsp3) is 0.636. The first kappa shape index (κ1) is 11.9. The second kappa shape index (κ2) is 4.57. The van der Waals surface area contributed by atoms with E-state index in [0.717, 1.165) is 0 Å². The molecule has 0 saturated carbocycles. The Balaban J connectivity index is 2.60. The average Bonchev–Trinajstić information content (AvgIpc) is 2.46. The van der Waals surface area contributed by atoms with Gasteiger partial charge in [-0.3, -0.25) is 14.5 Å². The Bertz CT molecular complexity index is 276. The molecule has 1 heterocycles. The van der Waals surface area contributed by atoms with Crippen LogP contribution in [0.25, 0.3) is 0 Å². The van der Waals surface area contributed by atoms with Crippen LogP contribution in [0.2, 0.25) is 0 Å². The highest BCUT2D eigenvalue weighted by atomic mass is 16.5. The molecule has 1 aliphatic heterocycles. The van der Waals surface area contributed by atoms with Gasteiger partial charge in [0.15, 0.2) is 0 Å². The van der Waals surface area contributed by atoms with E-state index in [2.05, 4.69) is 0 Å². The zero-order chi connectivity index (χ0) is 11.5. The number of carbonyl (C=O) groups is 2. The Hall–Kier alpha value is -1.16. The molecule has 0 aliphatic carbocycles. The van der Waals surface area contributed by atoms with Gasteiger partial charge in [-0.2, -0.15) is 0 Å². The molecule has 4 heteroatoms. The average molecular weight is 211 g/mol. The monoisotopic (exact) mass is 211 g/mol. The molecule has 0 N–H and O–H groups in total. The minimum atomic E-state index is -0.479. The van der Waals surface area contributed by atoms with Crippen LogP contribution >= 0.6 is 0 Å². The van der Waals surface area contributed by atoms with Gasteiger partial charge in [-0.15, -0.1) is 0 Å². The maximum atomic E-state index is 11.4. The van der Waals surface area contributed by atoms with Crippen molar-refractivity contribution >= 4 is 11.8 Å². The third-order valence-electron chi connectivity index (χ3n) is 2.48. The number of rotatable bonds is 5. The smallest absolute Gasteiger partial charge is 0.254 e. The van der Waals surface area contributed by atoms with E-state index < -0.39 is 5.54 Å². The van der Waals surface area contributed by atoms with Crippen LogP contribution in [0.5, 0.6) is 0 Å². The van der Waals surface area contributed by atoms with Crippen LogP contribution in [0.1, 0.15) is 27.2 Å². The molecule has 1 aliphatic rings. The molecule has 0 aromatic heterocycles. The maximum absolute atomic E-state index is 11.4. The third-order valence-corrected chi connectivity index (χ3v) is 2.48. The van der Waals surface area contributed by atoms with Gasteiger partial charge in [0.05, 0.1) is 0 Å². The molecule has 0 atom stereocenters. The second-order valence-corrected chi connectivity index (χ2v) is 4.10. The first-order valence-corrected chi connectivity index (χ1v) is 5.13. The van der Waals surface area contributed by atoms with E-state index in [-0.39, 0.29) is 11.8 Å². The summed E-state index contributed by atoms with van der Waals surface area (Å²) in [4.78, 5) is 24.2. The van der Waals surface area contributed by atoms with Crippen LogP contribution < -0.4 is 0 Å². The summed E-state index contributed by atoms with van der Waals surface area (Å²) >= 11 is 0. The number of hydrogen-bond acceptors (Lipinski definition) is 3. The van der Waals surface area contributed by atoms with Gasteiger partial charge in [0, 0.05) is 30.9 Å². The van der Waals surface area contributed by atoms with Crippen molar-refractivity contribution < 1.29 is 14.3 Å². The van der Waals surface area contributed by atoms with Crippen LogP contribution in [-0.2, 0) is 14.3 Å². The third kappa shape index (κ3) is 2.65. The number of ether oxygens (including phenoxy) is 1. The summed E-state index contributed by atoms with van der Waals surface area (Å²) in [6.45, 7) is 6.86. The van der Waals surface area contributed by atoms with Crippen molar-refractivity contribution in [3.8, 4) is 0 Å². The summed E-state index contributed by atoms with van der Waals surface area (Å²) < 4.78 is 5.23. The lowest BCUT2D eigenvalue weighted by molar-refractivity contribution is -0.143. The van der Waals surface area contributed by atoms with Gasteiger partial charge in [-0.1, -0.05) is 0 Å². The molecule has 0 spiro atoms. The van der Waals surface area contributed by atoms with E-state index in [0.29, 0.717) is 19.6 Å². The molecule has 15 heavy (non-hydrogen) atoms. The molecule has 0 aromatic rings. The first-order valence-electron chi connectivity index (χ1n) is 5.13. The number of carbonyl (C=O) groups excluding carboxylic acids is 2. The van der Waals surface area contributed by atoms with E-state index in [1.165, 1.54) is 17.1 Å². The van der Waals surface area contributed by atoms with Gasteiger partial charge in [-0.05, 0) is 27.2 Å². The molecule has 0 saturated heterocycles. The summed E-state index contributed by atoms with van der Waals surface area (Å²) in [5.41, 5.74) is -0.479. The van der Waals surface area contributed by atoms with Crippen LogP contribution in [0, 0.1) is 0 Å². The van der Waals surface area contributed by atoms with Gasteiger partial charge < -0.3 is 4.74 Å². The predicted molar refractivity (Wildman–Crippen MR) is 56.2 cm³/mol. The van der Waals surface area contributed by atoms with Crippen molar-refractivity contribution in [2.45, 2.75) is 32.7 Å². The fourth-order valence-corrected chi connectivity index (χ4v) is 1.57. The van der Waals surface area contributed by atoms with E-state index in [1.807, 2.05) is 20.8 Å². The van der Waals surface area contributed by atoms with Gasteiger partial charge >= 0.3 is 0 Å². The van der Waals surface area contributed by atoms with E-state index in [1.54, 1.807) is 0 Å². The second-order valence-electron chi connectivity index (χ2n) is 4.10. The molecule has 0 radical (unpaired) electrons. The highest BCUT2D eigenvalue weighted by Crippen LogP contribution is 2.22. The van der Waals surface area contributed by atoms with E-state index in [9.17, 15) is 9.59 Å². The largest absolute Gasteiger partial charge is 0.382 e. The Morgan fingerprint density at radius 3 is 2.27 bits per heavy atom. The Morgan fingerprint density at radius 2 is 1.80 bits per heavy atom. The molecule has 0 bridgehead atoms. The molecule has 1 rings (SSSR count). The molecule has 84 valence electrons. The topological polar surface area (TPSA) is 46.6 Å². The SMILES string of the molecule is CCOCCC(C)(C)N1C(=O)C=CC1=O. The minimum Gasteiger partial charge on any atom is -0.382 e. The summed E-state index contributed by atoms with van der Waals surface area (Å²) in [5.74, 6) is -0.469. The van der Waals surface area contributed by atoms with Crippen LogP contribution in [0.15, 0.2) is 12.2 Å². The van der Waals surface area contributed by atoms with E-state index >= 15 is 0 Å². The van der Waals surface area contributed by atoms with E-state index in [4.69, 9.17) is 4.74 Å². The van der Waals surface area contributed by atoms with Crippen molar-refractivity contribution in [2.75, 3.05) is 13.2 Å². The van der Waals surface area contributed by atoms with Crippen LogP contribution in [-0.4, -0.2) is 35.5 Å². The zero-order valence-corrected chi connectivity index (χ0v) is 9.45.